The molecule has 25 heavy (non-hydrogen) atoms. The number of ketones is 1. The fourth-order valence-electron chi connectivity index (χ4n) is 1.45. The second-order valence-corrected chi connectivity index (χ2v) is 7.57. The Morgan fingerprint density at radius 1 is 0.760 bits per heavy atom. The van der Waals surface area contributed by atoms with Crippen LogP contribution in [0.15, 0.2) is 0 Å². The molecule has 0 heterocycles. The summed E-state index contributed by atoms with van der Waals surface area (Å²) in [6.07, 6.45) is -3.38. The van der Waals surface area contributed by atoms with Crippen molar-refractivity contribution in [2.75, 3.05) is 20.8 Å². The highest BCUT2D eigenvalue weighted by Gasteiger charge is 2.43. The molecule has 0 aliphatic heterocycles. The van der Waals surface area contributed by atoms with E-state index in [0.717, 1.165) is 7.11 Å². The van der Waals surface area contributed by atoms with Gasteiger partial charge in [0.05, 0.1) is 17.9 Å². The molecule has 0 saturated carbocycles. The first-order valence-electron chi connectivity index (χ1n) is 7.77. The van der Waals surface area contributed by atoms with E-state index >= 15 is 0 Å². The fourth-order valence-corrected chi connectivity index (χ4v) is 1.45. The molecule has 0 aromatic carbocycles. The van der Waals surface area contributed by atoms with E-state index in [1.807, 2.05) is 0 Å². The molecular weight excluding hydrogens is 332 g/mol. The molecule has 0 aromatic heterocycles. The quantitative estimate of drug-likeness (QED) is 0.494. The second-order valence-electron chi connectivity index (χ2n) is 7.57. The van der Waals surface area contributed by atoms with Gasteiger partial charge >= 0.3 is 17.9 Å². The Labute approximate surface area is 148 Å². The SMILES string of the molecule is COCC(=O)[C@H](OC(=O)C(C)(C)C)[C@@H](OC(=O)C(C)(C)C)C(=O)OC. The first-order chi connectivity index (χ1) is 11.3. The highest BCUT2D eigenvalue weighted by atomic mass is 16.6. The van der Waals surface area contributed by atoms with Crippen molar-refractivity contribution in [1.29, 1.82) is 0 Å². The Kier molecular flexibility index (Phi) is 8.24. The van der Waals surface area contributed by atoms with Gasteiger partial charge in [-0.2, -0.15) is 0 Å². The van der Waals surface area contributed by atoms with E-state index in [1.165, 1.54) is 7.11 Å². The average Bonchev–Trinajstić information content (AvgIpc) is 2.47. The van der Waals surface area contributed by atoms with Gasteiger partial charge < -0.3 is 18.9 Å². The van der Waals surface area contributed by atoms with Gasteiger partial charge in [-0.3, -0.25) is 14.4 Å². The Morgan fingerprint density at radius 3 is 1.48 bits per heavy atom. The van der Waals surface area contributed by atoms with Crippen LogP contribution in [0.4, 0.5) is 0 Å². The second kappa shape index (κ2) is 8.94. The number of hydrogen-bond acceptors (Lipinski definition) is 8. The van der Waals surface area contributed by atoms with Crippen molar-refractivity contribution in [1.82, 2.24) is 0 Å². The molecule has 0 N–H and O–H groups in total. The van der Waals surface area contributed by atoms with Crippen LogP contribution in [0.3, 0.4) is 0 Å². The van der Waals surface area contributed by atoms with E-state index in [1.54, 1.807) is 41.5 Å². The lowest BCUT2D eigenvalue weighted by atomic mass is 9.96. The molecule has 0 spiro atoms. The van der Waals surface area contributed by atoms with Crippen LogP contribution >= 0.6 is 0 Å². The van der Waals surface area contributed by atoms with Crippen LogP contribution in [0, 0.1) is 10.8 Å². The molecule has 0 unspecified atom stereocenters. The summed E-state index contributed by atoms with van der Waals surface area (Å²) in [6.45, 7) is 9.07. The number of carbonyl (C=O) groups excluding carboxylic acids is 4. The van der Waals surface area contributed by atoms with Gasteiger partial charge in [0.15, 0.2) is 0 Å². The maximum atomic E-state index is 12.3. The van der Waals surface area contributed by atoms with E-state index in [9.17, 15) is 19.2 Å². The van der Waals surface area contributed by atoms with Gasteiger partial charge in [-0.05, 0) is 41.5 Å². The summed E-state index contributed by atoms with van der Waals surface area (Å²) in [5.41, 5.74) is -1.87. The Morgan fingerprint density at radius 2 is 1.16 bits per heavy atom. The van der Waals surface area contributed by atoms with Crippen LogP contribution in [0.2, 0.25) is 0 Å². The van der Waals surface area contributed by atoms with Gasteiger partial charge in [-0.15, -0.1) is 0 Å². The molecule has 0 aromatic rings. The summed E-state index contributed by atoms with van der Waals surface area (Å²) in [7, 11) is 2.35. The van der Waals surface area contributed by atoms with Gasteiger partial charge in [0.1, 0.15) is 6.61 Å². The van der Waals surface area contributed by atoms with Crippen LogP contribution in [0.25, 0.3) is 0 Å². The Hall–Kier alpha value is -1.96. The first-order valence-corrected chi connectivity index (χ1v) is 7.77. The minimum Gasteiger partial charge on any atom is -0.466 e. The van der Waals surface area contributed by atoms with Gasteiger partial charge in [0.2, 0.25) is 18.0 Å². The van der Waals surface area contributed by atoms with E-state index in [-0.39, 0.29) is 0 Å². The van der Waals surface area contributed by atoms with Gasteiger partial charge in [-0.1, -0.05) is 0 Å². The summed E-state index contributed by atoms with van der Waals surface area (Å²) >= 11 is 0. The van der Waals surface area contributed by atoms with E-state index in [4.69, 9.17) is 14.2 Å². The molecule has 0 aliphatic rings. The standard InChI is InChI=1S/C17H28O8/c1-16(2,3)14(20)24-11(10(18)9-22-7)12(13(19)23-8)25-15(21)17(4,5)6/h11-12H,9H2,1-8H3/t11-,12+/m0/s1. The monoisotopic (exact) mass is 360 g/mol. The molecule has 0 saturated heterocycles. The van der Waals surface area contributed by atoms with E-state index in [2.05, 4.69) is 4.74 Å². The number of ether oxygens (including phenoxy) is 4. The summed E-state index contributed by atoms with van der Waals surface area (Å²) in [5, 5.41) is 0. The normalized spacial score (nSPS) is 14.2. The number of esters is 3. The van der Waals surface area contributed by atoms with Crippen molar-refractivity contribution >= 4 is 23.7 Å². The lowest BCUT2D eigenvalue weighted by molar-refractivity contribution is -0.190. The van der Waals surface area contributed by atoms with Gasteiger partial charge in [-0.25, -0.2) is 4.79 Å². The molecular formula is C17H28O8. The van der Waals surface area contributed by atoms with Crippen molar-refractivity contribution in [2.45, 2.75) is 53.8 Å². The molecule has 144 valence electrons. The minimum atomic E-state index is -1.72. The summed E-state index contributed by atoms with van der Waals surface area (Å²) < 4.78 is 19.7. The number of carbonyl (C=O) groups is 4. The lowest BCUT2D eigenvalue weighted by Gasteiger charge is -2.28. The van der Waals surface area contributed by atoms with Crippen LogP contribution in [0.5, 0.6) is 0 Å². The van der Waals surface area contributed by atoms with Crippen molar-refractivity contribution in [3.63, 3.8) is 0 Å². The number of hydrogen-bond donors (Lipinski definition) is 0. The van der Waals surface area contributed by atoms with Crippen LogP contribution in [0.1, 0.15) is 41.5 Å². The van der Waals surface area contributed by atoms with E-state index < -0.39 is 53.3 Å². The minimum absolute atomic E-state index is 0.428. The molecule has 0 amide bonds. The van der Waals surface area contributed by atoms with Crippen molar-refractivity contribution in [3.05, 3.63) is 0 Å². The molecule has 0 bridgehead atoms. The third-order valence-electron chi connectivity index (χ3n) is 3.01. The van der Waals surface area contributed by atoms with Crippen LogP contribution in [-0.4, -0.2) is 56.7 Å². The van der Waals surface area contributed by atoms with Crippen molar-refractivity contribution in [3.8, 4) is 0 Å². The largest absolute Gasteiger partial charge is 0.466 e. The Bertz CT molecular complexity index is 510. The highest BCUT2D eigenvalue weighted by Crippen LogP contribution is 2.22. The fraction of sp³-hybridized carbons (Fsp3) is 0.765. The third kappa shape index (κ3) is 7.21. The molecule has 8 heteroatoms. The predicted molar refractivity (Wildman–Crippen MR) is 87.6 cm³/mol. The zero-order valence-electron chi connectivity index (χ0n) is 16.1. The smallest absolute Gasteiger partial charge is 0.351 e. The third-order valence-corrected chi connectivity index (χ3v) is 3.01. The van der Waals surface area contributed by atoms with Crippen molar-refractivity contribution in [2.24, 2.45) is 10.8 Å². The number of methoxy groups -OCH3 is 2. The average molecular weight is 360 g/mol. The molecule has 8 nitrogen and oxygen atoms in total. The van der Waals surface area contributed by atoms with Gasteiger partial charge in [0, 0.05) is 7.11 Å². The maximum Gasteiger partial charge on any atom is 0.351 e. The van der Waals surface area contributed by atoms with E-state index in [0.29, 0.717) is 0 Å². The number of Topliss-reactive ketones (excluding diaryl/α,β-unsaturated/α-hetero) is 1. The van der Waals surface area contributed by atoms with Crippen LogP contribution < -0.4 is 0 Å². The maximum absolute atomic E-state index is 12.3. The Balaban J connectivity index is 5.75. The molecule has 0 rings (SSSR count). The zero-order valence-corrected chi connectivity index (χ0v) is 16.1. The summed E-state index contributed by atoms with van der Waals surface area (Å²) in [4.78, 5) is 48.7. The first kappa shape index (κ1) is 23.0. The zero-order chi connectivity index (χ0) is 20.0. The predicted octanol–water partition coefficient (Wildman–Crippen LogP) is 1.29. The lowest BCUT2D eigenvalue weighted by Crippen LogP contribution is -2.49. The van der Waals surface area contributed by atoms with Crippen molar-refractivity contribution < 1.29 is 38.1 Å². The topological polar surface area (TPSA) is 105 Å². The number of rotatable bonds is 7. The molecule has 0 radical (unpaired) electrons. The molecule has 2 atom stereocenters. The van der Waals surface area contributed by atoms with Gasteiger partial charge in [0.25, 0.3) is 0 Å². The summed E-state index contributed by atoms with van der Waals surface area (Å²) in [5.74, 6) is -3.21. The highest BCUT2D eigenvalue weighted by molar-refractivity contribution is 5.94. The molecule has 0 aliphatic carbocycles. The summed E-state index contributed by atoms with van der Waals surface area (Å²) in [6, 6.07) is 0. The molecule has 0 fully saturated rings. The van der Waals surface area contributed by atoms with Crippen LogP contribution in [-0.2, 0) is 38.1 Å².